The zero-order valence-electron chi connectivity index (χ0n) is 49.7. The summed E-state index contributed by atoms with van der Waals surface area (Å²) >= 11 is 0. The molecule has 0 rings (SSSR count). The molecule has 1 unspecified atom stereocenters. The van der Waals surface area contributed by atoms with Gasteiger partial charge in [-0.15, -0.1) is 0 Å². The number of hydrogen-bond acceptors (Lipinski definition) is 6. The molecule has 0 aliphatic rings. The van der Waals surface area contributed by atoms with Crippen molar-refractivity contribution in [3.63, 3.8) is 0 Å². The lowest BCUT2D eigenvalue weighted by atomic mass is 10.0. The third kappa shape index (κ3) is 62.0. The van der Waals surface area contributed by atoms with E-state index in [0.29, 0.717) is 19.3 Å². The second kappa shape index (κ2) is 63.8. The van der Waals surface area contributed by atoms with Gasteiger partial charge in [0.1, 0.15) is 13.2 Å². The third-order valence-electron chi connectivity index (χ3n) is 12.8. The minimum atomic E-state index is -0.818. The maximum atomic E-state index is 12.9. The third-order valence-corrected chi connectivity index (χ3v) is 12.8. The first kappa shape index (κ1) is 72.3. The highest BCUT2D eigenvalue weighted by Crippen LogP contribution is 2.15. The summed E-state index contributed by atoms with van der Waals surface area (Å²) in [6.07, 6.45) is 91.3. The summed E-state index contributed by atoms with van der Waals surface area (Å²) in [5.41, 5.74) is 0. The molecule has 0 aromatic rings. The fourth-order valence-electron chi connectivity index (χ4n) is 8.21. The number of ether oxygens (including phenoxy) is 3. The lowest BCUT2D eigenvalue weighted by Crippen LogP contribution is -2.30. The molecule has 0 N–H and O–H groups in total. The van der Waals surface area contributed by atoms with Gasteiger partial charge in [-0.2, -0.15) is 0 Å². The monoisotopic (exact) mass is 1060 g/mol. The van der Waals surface area contributed by atoms with Gasteiger partial charge in [-0.05, 0) is 122 Å². The molecule has 0 heterocycles. The number of unbranched alkanes of at least 4 members (excludes halogenated alkanes) is 20. The molecule has 0 saturated heterocycles. The van der Waals surface area contributed by atoms with Gasteiger partial charge in [-0.25, -0.2) is 0 Å². The molecule has 6 nitrogen and oxygen atoms in total. The van der Waals surface area contributed by atoms with Crippen molar-refractivity contribution in [2.24, 2.45) is 0 Å². The van der Waals surface area contributed by atoms with Gasteiger partial charge in [-0.3, -0.25) is 14.4 Å². The molecule has 0 aromatic carbocycles. The molecule has 0 radical (unpaired) electrons. The molecule has 6 heteroatoms. The SMILES string of the molecule is CC/C=C\C/C=C\C/C=C\C/C=C\C/C=C\C/C=C\CCCCCCC(=O)OCC(COC(=O)CCCCCCCCCCCCCCCCC)OC(=O)CCCC/C=C\C/C=C\C/C=C\C/C=C\C/C=C\C/C=C\CC. The second-order valence-corrected chi connectivity index (χ2v) is 20.2. The fraction of sp³-hybridized carbons (Fsp3) is 0.620. The lowest BCUT2D eigenvalue weighted by molar-refractivity contribution is -0.167. The van der Waals surface area contributed by atoms with Crippen LogP contribution in [0.3, 0.4) is 0 Å². The van der Waals surface area contributed by atoms with E-state index in [2.05, 4.69) is 167 Å². The van der Waals surface area contributed by atoms with E-state index in [1.165, 1.54) is 77.0 Å². The molecule has 0 fully saturated rings. The average Bonchev–Trinajstić information content (AvgIpc) is 3.43. The highest BCUT2D eigenvalue weighted by atomic mass is 16.6. The lowest BCUT2D eigenvalue weighted by Gasteiger charge is -2.18. The predicted molar refractivity (Wildman–Crippen MR) is 334 cm³/mol. The normalized spacial score (nSPS) is 13.1. The molecule has 0 saturated carbocycles. The van der Waals surface area contributed by atoms with E-state index in [4.69, 9.17) is 14.2 Å². The zero-order chi connectivity index (χ0) is 55.7. The van der Waals surface area contributed by atoms with Crippen molar-refractivity contribution in [1.29, 1.82) is 0 Å². The maximum Gasteiger partial charge on any atom is 0.306 e. The van der Waals surface area contributed by atoms with Crippen LogP contribution in [0.1, 0.15) is 265 Å². The summed E-state index contributed by atoms with van der Waals surface area (Å²) in [5.74, 6) is -0.977. The van der Waals surface area contributed by atoms with E-state index in [-0.39, 0.29) is 37.5 Å². The van der Waals surface area contributed by atoms with Crippen LogP contribution in [0.15, 0.2) is 146 Å². The van der Waals surface area contributed by atoms with E-state index in [1.54, 1.807) is 0 Å². The quantitative estimate of drug-likeness (QED) is 0.0261. The van der Waals surface area contributed by atoms with Crippen molar-refractivity contribution in [1.82, 2.24) is 0 Å². The molecule has 1 atom stereocenters. The van der Waals surface area contributed by atoms with Gasteiger partial charge in [0.25, 0.3) is 0 Å². The number of carbonyl (C=O) groups is 3. The van der Waals surface area contributed by atoms with Crippen LogP contribution in [0, 0.1) is 0 Å². The molecule has 0 aromatic heterocycles. The Morgan fingerprint density at radius 3 is 0.818 bits per heavy atom. The van der Waals surface area contributed by atoms with Gasteiger partial charge in [-0.1, -0.05) is 269 Å². The van der Waals surface area contributed by atoms with Gasteiger partial charge in [0.05, 0.1) is 0 Å². The molecule has 0 aliphatic heterocycles. The molecular weight excluding hydrogens is 949 g/mol. The number of rotatable bonds is 55. The first-order valence-corrected chi connectivity index (χ1v) is 31.3. The summed E-state index contributed by atoms with van der Waals surface area (Å²) < 4.78 is 16.9. The van der Waals surface area contributed by atoms with E-state index < -0.39 is 6.10 Å². The molecule has 77 heavy (non-hydrogen) atoms. The van der Waals surface area contributed by atoms with Crippen LogP contribution in [0.2, 0.25) is 0 Å². The smallest absolute Gasteiger partial charge is 0.306 e. The first-order valence-electron chi connectivity index (χ1n) is 31.3. The van der Waals surface area contributed by atoms with E-state index in [1.807, 2.05) is 0 Å². The number of carbonyl (C=O) groups excluding carboxylic acids is 3. The standard InChI is InChI=1S/C71H114O6/c1-4-7-10-13-16-19-22-25-28-30-32-34-35-37-38-40-43-46-49-52-55-58-61-64-70(73)76-67-68(66-75-69(72)63-60-57-54-51-48-45-42-27-24-21-18-15-12-9-6-3)77-71(74)65-62-59-56-53-50-47-44-41-39-36-33-31-29-26-23-20-17-14-11-8-5-2/h7-8,10-11,16-17,19-20,25-26,28-29,32-34,36-38,41,43-44,46,50,53,68H,4-6,9,12-15,18,21-24,27,30-31,35,39-40,42,45,47-49,51-52,54-67H2,1-3H3/b10-7-,11-8-,19-16-,20-17-,28-25-,29-26-,34-32-,36-33-,38-37-,44-41-,46-43-,53-50-. The molecule has 0 spiro atoms. The Morgan fingerprint density at radius 2 is 0.506 bits per heavy atom. The number of hydrogen-bond donors (Lipinski definition) is 0. The van der Waals surface area contributed by atoms with Crippen LogP contribution in [0.25, 0.3) is 0 Å². The van der Waals surface area contributed by atoms with Crippen LogP contribution < -0.4 is 0 Å². The maximum absolute atomic E-state index is 12.9. The van der Waals surface area contributed by atoms with Crippen molar-refractivity contribution in [2.45, 2.75) is 271 Å². The van der Waals surface area contributed by atoms with Crippen molar-refractivity contribution in [2.75, 3.05) is 13.2 Å². The summed E-state index contributed by atoms with van der Waals surface area (Å²) in [4.78, 5) is 38.3. The topological polar surface area (TPSA) is 78.9 Å². The van der Waals surface area contributed by atoms with Crippen LogP contribution in [-0.2, 0) is 28.6 Å². The van der Waals surface area contributed by atoms with E-state index >= 15 is 0 Å². The highest BCUT2D eigenvalue weighted by Gasteiger charge is 2.19. The fourth-order valence-corrected chi connectivity index (χ4v) is 8.21. The Labute approximate surface area is 474 Å². The first-order chi connectivity index (χ1) is 38.0. The Bertz CT molecular complexity index is 1700. The highest BCUT2D eigenvalue weighted by molar-refractivity contribution is 5.71. The molecule has 434 valence electrons. The minimum Gasteiger partial charge on any atom is -0.462 e. The van der Waals surface area contributed by atoms with Crippen molar-refractivity contribution < 1.29 is 28.6 Å². The average molecular weight is 1060 g/mol. The summed E-state index contributed by atoms with van der Waals surface area (Å²) in [7, 11) is 0. The van der Waals surface area contributed by atoms with Crippen LogP contribution >= 0.6 is 0 Å². The van der Waals surface area contributed by atoms with Crippen LogP contribution in [-0.4, -0.2) is 37.2 Å². The number of esters is 3. The molecule has 0 amide bonds. The Hall–Kier alpha value is -4.71. The van der Waals surface area contributed by atoms with Crippen LogP contribution in [0.5, 0.6) is 0 Å². The van der Waals surface area contributed by atoms with Crippen molar-refractivity contribution in [3.8, 4) is 0 Å². The predicted octanol–water partition coefficient (Wildman–Crippen LogP) is 21.5. The van der Waals surface area contributed by atoms with Gasteiger partial charge in [0.2, 0.25) is 0 Å². The zero-order valence-corrected chi connectivity index (χ0v) is 49.7. The minimum absolute atomic E-state index is 0.107. The van der Waals surface area contributed by atoms with Crippen LogP contribution in [0.4, 0.5) is 0 Å². The van der Waals surface area contributed by atoms with E-state index in [9.17, 15) is 14.4 Å². The summed E-state index contributed by atoms with van der Waals surface area (Å²) in [6.45, 7) is 6.36. The molecular formula is C71H114O6. The van der Waals surface area contributed by atoms with Crippen molar-refractivity contribution in [3.05, 3.63) is 146 Å². The largest absolute Gasteiger partial charge is 0.462 e. The molecule has 0 aliphatic carbocycles. The second-order valence-electron chi connectivity index (χ2n) is 20.2. The van der Waals surface area contributed by atoms with Gasteiger partial charge in [0.15, 0.2) is 6.10 Å². The van der Waals surface area contributed by atoms with E-state index in [0.717, 1.165) is 141 Å². The molecule has 0 bridgehead atoms. The summed E-state index contributed by atoms with van der Waals surface area (Å²) in [6, 6.07) is 0. The Kier molecular flexibility index (Phi) is 59.9. The van der Waals surface area contributed by atoms with Gasteiger partial charge < -0.3 is 14.2 Å². The van der Waals surface area contributed by atoms with Gasteiger partial charge in [0, 0.05) is 19.3 Å². The Morgan fingerprint density at radius 1 is 0.273 bits per heavy atom. The number of allylic oxidation sites excluding steroid dienone is 24. The Balaban J connectivity index is 4.53. The summed E-state index contributed by atoms with van der Waals surface area (Å²) in [5, 5.41) is 0. The van der Waals surface area contributed by atoms with Crippen molar-refractivity contribution >= 4 is 17.9 Å². The van der Waals surface area contributed by atoms with Gasteiger partial charge >= 0.3 is 17.9 Å².